The molecule has 1 amide bonds. The van der Waals surface area contributed by atoms with Crippen LogP contribution < -0.4 is 15.7 Å². The van der Waals surface area contributed by atoms with Gasteiger partial charge >= 0.3 is 5.63 Å². The minimum atomic E-state index is -0.974. The third-order valence-electron chi connectivity index (χ3n) is 6.26. The fraction of sp³-hybridized carbons (Fsp3) is 0.630. The van der Waals surface area contributed by atoms with E-state index >= 15 is 0 Å². The van der Waals surface area contributed by atoms with Gasteiger partial charge in [0.2, 0.25) is 5.91 Å². The number of carbonyl (C=O) groups excluding carboxylic acids is 1. The maximum Gasteiger partial charge on any atom is 0.339 e. The Balaban J connectivity index is 1.55. The first-order valence-corrected chi connectivity index (χ1v) is 14.2. The number of amides is 1. The lowest BCUT2D eigenvalue weighted by molar-refractivity contribution is -0.125. The highest BCUT2D eigenvalue weighted by molar-refractivity contribution is 8.16. The van der Waals surface area contributed by atoms with E-state index in [0.717, 1.165) is 52.1 Å². The minimum absolute atomic E-state index is 0.240. The second-order valence-corrected chi connectivity index (χ2v) is 10.5. The van der Waals surface area contributed by atoms with Crippen molar-refractivity contribution in [3.8, 4) is 5.75 Å². The summed E-state index contributed by atoms with van der Waals surface area (Å²) in [5.74, 6) is 0.967. The number of carbonyl (C=O) groups is 1. The largest absolute Gasteiger partial charge is 0.489 e. The molecule has 3 heterocycles. The molecular formula is C27H40N4O6S. The molecule has 38 heavy (non-hydrogen) atoms. The van der Waals surface area contributed by atoms with Gasteiger partial charge in [0.05, 0.1) is 25.3 Å². The second kappa shape index (κ2) is 15.1. The zero-order valence-corrected chi connectivity index (χ0v) is 23.5. The Bertz CT molecular complexity index is 1050. The van der Waals surface area contributed by atoms with Crippen LogP contribution in [0.15, 0.2) is 44.1 Å². The van der Waals surface area contributed by atoms with Crippen LogP contribution in [0, 0.1) is 0 Å². The third kappa shape index (κ3) is 8.99. The van der Waals surface area contributed by atoms with Gasteiger partial charge in [-0.25, -0.2) is 4.79 Å². The second-order valence-electron chi connectivity index (χ2n) is 9.58. The molecule has 2 atom stereocenters. The minimum Gasteiger partial charge on any atom is -0.489 e. The Morgan fingerprint density at radius 3 is 2.89 bits per heavy atom. The first-order valence-electron chi connectivity index (χ1n) is 13.2. The summed E-state index contributed by atoms with van der Waals surface area (Å²) >= 11 is 1.48. The van der Waals surface area contributed by atoms with E-state index in [1.54, 1.807) is 19.1 Å². The van der Waals surface area contributed by atoms with Gasteiger partial charge in [0.1, 0.15) is 41.0 Å². The molecule has 0 spiro atoms. The quantitative estimate of drug-likeness (QED) is 0.153. The average molecular weight is 549 g/mol. The van der Waals surface area contributed by atoms with Crippen molar-refractivity contribution < 1.29 is 23.5 Å². The predicted octanol–water partition coefficient (Wildman–Crippen LogP) is 3.57. The maximum absolute atomic E-state index is 13.3. The number of oxime groups is 1. The Morgan fingerprint density at radius 1 is 1.37 bits per heavy atom. The molecule has 10 nitrogen and oxygen atoms in total. The van der Waals surface area contributed by atoms with Crippen molar-refractivity contribution in [1.82, 2.24) is 10.2 Å². The molecule has 0 unspecified atom stereocenters. The molecular weight excluding hydrogens is 508 g/mol. The summed E-state index contributed by atoms with van der Waals surface area (Å²) in [7, 11) is 0. The lowest BCUT2D eigenvalue weighted by Gasteiger charge is -2.26. The molecule has 1 N–H and O–H groups in total. The lowest BCUT2D eigenvalue weighted by atomic mass is 10.0. The summed E-state index contributed by atoms with van der Waals surface area (Å²) in [5.41, 5.74) is -0.853. The molecule has 3 rings (SSSR count). The molecule has 0 radical (unpaired) electrons. The first-order chi connectivity index (χ1) is 18.3. The van der Waals surface area contributed by atoms with E-state index in [0.29, 0.717) is 41.0 Å². The SMILES string of the molecule is C=CCOc1cc([C@@H](CCC)NC(=O)[C@]2(C)CSC(C(C)=NOCCCCN3CCOCC3)=N2)oc(=O)c1. The molecule has 210 valence electrons. The van der Waals surface area contributed by atoms with Crippen LogP contribution in [0.3, 0.4) is 0 Å². The number of nitrogens with zero attached hydrogens (tertiary/aromatic N) is 3. The Hall–Kier alpha value is -2.63. The van der Waals surface area contributed by atoms with E-state index in [4.69, 9.17) is 18.7 Å². The van der Waals surface area contributed by atoms with Gasteiger partial charge in [-0.15, -0.1) is 11.8 Å². The predicted molar refractivity (Wildman–Crippen MR) is 150 cm³/mol. The molecule has 1 fully saturated rings. The van der Waals surface area contributed by atoms with Crippen LogP contribution in [0.5, 0.6) is 5.75 Å². The highest BCUT2D eigenvalue weighted by Crippen LogP contribution is 2.30. The van der Waals surface area contributed by atoms with Gasteiger partial charge in [0.15, 0.2) is 0 Å². The molecule has 1 aromatic rings. The summed E-state index contributed by atoms with van der Waals surface area (Å²) in [6.07, 6.45) is 4.94. The molecule has 0 aromatic carbocycles. The van der Waals surface area contributed by atoms with Gasteiger partial charge in [-0.05, 0) is 39.7 Å². The first kappa shape index (κ1) is 29.9. The van der Waals surface area contributed by atoms with Crippen LogP contribution >= 0.6 is 11.8 Å². The summed E-state index contributed by atoms with van der Waals surface area (Å²) in [5, 5.41) is 7.94. The molecule has 2 aliphatic rings. The van der Waals surface area contributed by atoms with Crippen LogP contribution in [0.25, 0.3) is 0 Å². The monoisotopic (exact) mass is 548 g/mol. The zero-order valence-electron chi connectivity index (χ0n) is 22.7. The number of ether oxygens (including phenoxy) is 2. The van der Waals surface area contributed by atoms with Crippen molar-refractivity contribution in [3.63, 3.8) is 0 Å². The van der Waals surface area contributed by atoms with Crippen molar-refractivity contribution in [1.29, 1.82) is 0 Å². The summed E-state index contributed by atoms with van der Waals surface area (Å²) in [6.45, 7) is 14.7. The number of thioether (sulfide) groups is 1. The van der Waals surface area contributed by atoms with Crippen LogP contribution in [0.1, 0.15) is 58.3 Å². The van der Waals surface area contributed by atoms with Gasteiger partial charge in [-0.3, -0.25) is 14.7 Å². The number of nitrogens with one attached hydrogen (secondary N) is 1. The standard InChI is InChI=1S/C27H40N4O6S/c1-5-9-22(23-17-21(35-13-6-2)18-24(32)37-23)28-26(33)27(4)19-38-25(29-27)20(3)30-36-14-8-7-10-31-11-15-34-16-12-31/h6,17-18,22H,2,5,7-16,19H2,1,3-4H3,(H,28,33)/t22-,27+/m1/s1. The summed E-state index contributed by atoms with van der Waals surface area (Å²) in [6, 6.07) is 2.43. The molecule has 1 aromatic heterocycles. The smallest absolute Gasteiger partial charge is 0.339 e. The number of morpholine rings is 1. The maximum atomic E-state index is 13.3. The number of hydrogen-bond donors (Lipinski definition) is 1. The van der Waals surface area contributed by atoms with Gasteiger partial charge in [0, 0.05) is 24.9 Å². The van der Waals surface area contributed by atoms with Crippen molar-refractivity contribution in [2.75, 3.05) is 51.8 Å². The highest BCUT2D eigenvalue weighted by Gasteiger charge is 2.40. The van der Waals surface area contributed by atoms with E-state index in [1.807, 2.05) is 13.8 Å². The van der Waals surface area contributed by atoms with E-state index in [-0.39, 0.29) is 12.5 Å². The molecule has 11 heteroatoms. The normalized spacial score (nSPS) is 21.0. The fourth-order valence-electron chi connectivity index (χ4n) is 4.08. The molecule has 0 bridgehead atoms. The topological polar surface area (TPSA) is 115 Å². The summed E-state index contributed by atoms with van der Waals surface area (Å²) < 4.78 is 16.3. The van der Waals surface area contributed by atoms with Gasteiger partial charge in [-0.2, -0.15) is 0 Å². The molecule has 0 aliphatic carbocycles. The lowest BCUT2D eigenvalue weighted by Crippen LogP contribution is -2.45. The Labute approximate surface area is 228 Å². The van der Waals surface area contributed by atoms with Crippen molar-refractivity contribution in [3.05, 3.63) is 41.0 Å². The van der Waals surface area contributed by atoms with Crippen molar-refractivity contribution in [2.24, 2.45) is 10.1 Å². The summed E-state index contributed by atoms with van der Waals surface area (Å²) in [4.78, 5) is 38.0. The van der Waals surface area contributed by atoms with Gasteiger partial charge in [-0.1, -0.05) is 31.2 Å². The van der Waals surface area contributed by atoms with E-state index in [1.165, 1.54) is 17.8 Å². The molecule has 2 aliphatic heterocycles. The Kier molecular flexibility index (Phi) is 11.9. The molecule has 1 saturated heterocycles. The Morgan fingerprint density at radius 2 is 2.16 bits per heavy atom. The van der Waals surface area contributed by atoms with Crippen molar-refractivity contribution >= 4 is 28.4 Å². The van der Waals surface area contributed by atoms with Gasteiger partial charge in [0.25, 0.3) is 0 Å². The number of rotatable bonds is 15. The van der Waals surface area contributed by atoms with Gasteiger partial charge < -0.3 is 24.0 Å². The number of hydrogen-bond acceptors (Lipinski definition) is 10. The fourth-order valence-corrected chi connectivity index (χ4v) is 5.20. The number of aliphatic imine (C=N–C) groups is 1. The number of unbranched alkanes of at least 4 members (excludes halogenated alkanes) is 1. The third-order valence-corrected chi connectivity index (χ3v) is 7.63. The van der Waals surface area contributed by atoms with Crippen LogP contribution in [0.2, 0.25) is 0 Å². The van der Waals surface area contributed by atoms with Crippen LogP contribution in [-0.2, 0) is 14.4 Å². The highest BCUT2D eigenvalue weighted by atomic mass is 32.2. The van der Waals surface area contributed by atoms with E-state index < -0.39 is 17.2 Å². The van der Waals surface area contributed by atoms with Crippen molar-refractivity contribution in [2.45, 2.75) is 58.0 Å². The van der Waals surface area contributed by atoms with E-state index in [2.05, 4.69) is 26.9 Å². The van der Waals surface area contributed by atoms with Crippen LogP contribution in [-0.4, -0.2) is 78.9 Å². The average Bonchev–Trinajstić information content (AvgIpc) is 3.33. The molecule has 0 saturated carbocycles. The zero-order chi connectivity index (χ0) is 27.4. The van der Waals surface area contributed by atoms with Crippen LogP contribution in [0.4, 0.5) is 0 Å². The van der Waals surface area contributed by atoms with E-state index in [9.17, 15) is 9.59 Å².